The van der Waals surface area contributed by atoms with E-state index in [-0.39, 0.29) is 23.2 Å². The van der Waals surface area contributed by atoms with Crippen LogP contribution in [0.4, 0.5) is 13.2 Å². The topological polar surface area (TPSA) is 90.3 Å². The molecular weight excluding hydrogens is 543 g/mol. The van der Waals surface area contributed by atoms with Gasteiger partial charge in [-0.3, -0.25) is 9.36 Å². The molecule has 1 amide bonds. The number of ether oxygens (including phenoxy) is 1. The second-order valence-corrected chi connectivity index (χ2v) is 10.8. The zero-order valence-electron chi connectivity index (χ0n) is 22.3. The van der Waals surface area contributed by atoms with Gasteiger partial charge in [0, 0.05) is 19.0 Å². The van der Waals surface area contributed by atoms with Crippen molar-refractivity contribution in [1.29, 1.82) is 0 Å². The summed E-state index contributed by atoms with van der Waals surface area (Å²) in [5, 5.41) is 3.15. The van der Waals surface area contributed by atoms with E-state index in [0.29, 0.717) is 41.7 Å². The number of benzene rings is 1. The monoisotopic (exact) mass is 577 g/mol. The number of amides is 1. The van der Waals surface area contributed by atoms with Gasteiger partial charge in [-0.15, -0.1) is 0 Å². The number of nitrogens with one attached hydrogen (secondary N) is 1. The largest absolute Gasteiger partial charge is 0.496 e. The summed E-state index contributed by atoms with van der Waals surface area (Å²) in [6, 6.07) is 4.93. The summed E-state index contributed by atoms with van der Waals surface area (Å²) in [6.07, 6.45) is 0.479. The number of methoxy groups -OCH3 is 1. The third-order valence-corrected chi connectivity index (χ3v) is 7.39. The lowest BCUT2D eigenvalue weighted by molar-refractivity contribution is -0.211. The maximum absolute atomic E-state index is 13.4. The number of imidazole rings is 1. The molecule has 2 aromatic rings. The van der Waals surface area contributed by atoms with Crippen molar-refractivity contribution in [3.8, 4) is 11.4 Å². The predicted octanol–water partition coefficient (Wildman–Crippen LogP) is 6.11. The Morgan fingerprint density at radius 1 is 1.21 bits per heavy atom. The van der Waals surface area contributed by atoms with E-state index in [2.05, 4.69) is 17.2 Å². The van der Waals surface area contributed by atoms with Crippen LogP contribution < -0.4 is 10.1 Å². The molecule has 1 heterocycles. The molecule has 0 aliphatic heterocycles. The average Bonchev–Trinajstić information content (AvgIpc) is 3.19. The van der Waals surface area contributed by atoms with Gasteiger partial charge < -0.3 is 10.1 Å². The maximum atomic E-state index is 13.4. The van der Waals surface area contributed by atoms with Crippen LogP contribution in [0.3, 0.4) is 0 Å². The van der Waals surface area contributed by atoms with Crippen LogP contribution in [0.2, 0.25) is 5.15 Å². The van der Waals surface area contributed by atoms with Gasteiger partial charge in [0.1, 0.15) is 16.7 Å². The molecule has 3 rings (SSSR count). The van der Waals surface area contributed by atoms with Gasteiger partial charge in [-0.05, 0) is 42.7 Å². The Morgan fingerprint density at radius 2 is 1.82 bits per heavy atom. The SMILES string of the molecule is CCc1nc(C(=O)NCC2CCC(C)CC2)c(Cl)n1-c1ccc(CC(C)(C)C(F)(F)F)c(OC)c1.O=S=O. The fraction of sp³-hybridized carbons (Fsp3) is 0.615. The molecule has 0 unspecified atom stereocenters. The summed E-state index contributed by atoms with van der Waals surface area (Å²) in [4.78, 5) is 17.4. The van der Waals surface area contributed by atoms with E-state index in [0.717, 1.165) is 18.8 Å². The van der Waals surface area contributed by atoms with Crippen LogP contribution in [0.5, 0.6) is 5.75 Å². The molecule has 38 heavy (non-hydrogen) atoms. The van der Waals surface area contributed by atoms with Gasteiger partial charge >= 0.3 is 17.7 Å². The third-order valence-electron chi connectivity index (χ3n) is 7.04. The van der Waals surface area contributed by atoms with Crippen molar-refractivity contribution < 1.29 is 31.1 Å². The van der Waals surface area contributed by atoms with Crippen LogP contribution in [0.1, 0.15) is 75.3 Å². The number of hydrogen-bond donors (Lipinski definition) is 1. The lowest BCUT2D eigenvalue weighted by Gasteiger charge is -2.28. The van der Waals surface area contributed by atoms with Crippen molar-refractivity contribution >= 4 is 29.1 Å². The maximum Gasteiger partial charge on any atom is 0.394 e. The quantitative estimate of drug-likeness (QED) is 0.408. The minimum absolute atomic E-state index is 0.147. The highest BCUT2D eigenvalue weighted by molar-refractivity contribution is 7.51. The third kappa shape index (κ3) is 7.81. The van der Waals surface area contributed by atoms with Crippen LogP contribution in [-0.2, 0) is 24.4 Å². The highest BCUT2D eigenvalue weighted by atomic mass is 35.5. The Kier molecular flexibility index (Phi) is 11.4. The molecule has 0 spiro atoms. The Morgan fingerprint density at radius 3 is 2.34 bits per heavy atom. The number of rotatable bonds is 8. The molecule has 1 aromatic carbocycles. The molecule has 12 heteroatoms. The molecule has 0 atom stereocenters. The molecule has 0 radical (unpaired) electrons. The summed E-state index contributed by atoms with van der Waals surface area (Å²) in [7, 11) is 1.42. The summed E-state index contributed by atoms with van der Waals surface area (Å²) in [5.74, 6) is 1.78. The van der Waals surface area contributed by atoms with Crippen LogP contribution in [-0.4, -0.2) is 43.7 Å². The number of hydrogen-bond acceptors (Lipinski definition) is 5. The van der Waals surface area contributed by atoms with Gasteiger partial charge in [0.15, 0.2) is 5.69 Å². The molecule has 1 saturated carbocycles. The van der Waals surface area contributed by atoms with E-state index < -0.39 is 23.2 Å². The number of halogens is 4. The van der Waals surface area contributed by atoms with E-state index in [9.17, 15) is 18.0 Å². The lowest BCUT2D eigenvalue weighted by atomic mass is 9.83. The first-order valence-electron chi connectivity index (χ1n) is 12.5. The van der Waals surface area contributed by atoms with Gasteiger partial charge in [-0.1, -0.05) is 58.2 Å². The smallest absolute Gasteiger partial charge is 0.394 e. The van der Waals surface area contributed by atoms with Crippen LogP contribution in [0, 0.1) is 17.3 Å². The fourth-order valence-corrected chi connectivity index (χ4v) is 4.86. The molecule has 1 fully saturated rings. The Bertz CT molecular complexity index is 1140. The standard InChI is InChI=1S/C26H35ClF3N3O2.O2S/c1-6-21-32-22(24(34)31-15-17-9-7-16(2)8-10-17)23(27)33(21)19-12-11-18(20(13-19)35-5)14-25(3,4)26(28,29)30;1-3-2/h11-13,16-17H,6-10,14-15H2,1-5H3,(H,31,34);. The molecule has 212 valence electrons. The molecule has 0 saturated heterocycles. The first-order valence-corrected chi connectivity index (χ1v) is 13.5. The first kappa shape index (κ1) is 31.8. The van der Waals surface area contributed by atoms with Crippen molar-refractivity contribution in [3.63, 3.8) is 0 Å². The van der Waals surface area contributed by atoms with Gasteiger partial charge in [-0.25, -0.2) is 4.98 Å². The number of nitrogens with zero attached hydrogens (tertiary/aromatic N) is 2. The van der Waals surface area contributed by atoms with E-state index in [1.165, 1.54) is 33.8 Å². The second kappa shape index (κ2) is 13.6. The Balaban J connectivity index is 0.00000161. The number of carbonyl (C=O) groups is 1. The van der Waals surface area contributed by atoms with E-state index in [4.69, 9.17) is 24.8 Å². The van der Waals surface area contributed by atoms with Crippen LogP contribution in [0.25, 0.3) is 5.69 Å². The van der Waals surface area contributed by atoms with Crippen molar-refractivity contribution in [2.24, 2.45) is 17.3 Å². The molecule has 7 nitrogen and oxygen atoms in total. The second-order valence-electron chi connectivity index (χ2n) is 10.3. The summed E-state index contributed by atoms with van der Waals surface area (Å²) >= 11 is 5.88. The van der Waals surface area contributed by atoms with Crippen LogP contribution >= 0.6 is 11.6 Å². The minimum Gasteiger partial charge on any atom is -0.496 e. The Labute approximate surface area is 230 Å². The molecule has 1 N–H and O–H groups in total. The fourth-order valence-electron chi connectivity index (χ4n) is 4.54. The average molecular weight is 578 g/mol. The van der Waals surface area contributed by atoms with Gasteiger partial charge in [0.2, 0.25) is 0 Å². The normalized spacial score (nSPS) is 17.8. The number of aromatic nitrogens is 2. The summed E-state index contributed by atoms with van der Waals surface area (Å²) in [5.41, 5.74) is -0.753. The summed E-state index contributed by atoms with van der Waals surface area (Å²) in [6.45, 7) is 7.08. The first-order chi connectivity index (χ1) is 17.8. The van der Waals surface area contributed by atoms with Gasteiger partial charge in [0.05, 0.1) is 18.2 Å². The number of carbonyl (C=O) groups excluding carboxylic acids is 1. The Hall–Kier alpha value is -2.40. The molecular formula is C26H35ClF3N3O4S. The highest BCUT2D eigenvalue weighted by Crippen LogP contribution is 2.42. The molecule has 1 aromatic heterocycles. The van der Waals surface area contributed by atoms with Gasteiger partial charge in [0.25, 0.3) is 5.91 Å². The molecule has 1 aliphatic carbocycles. The molecule has 1 aliphatic rings. The molecule has 0 bridgehead atoms. The van der Waals surface area contributed by atoms with Crippen molar-refractivity contribution in [3.05, 3.63) is 40.4 Å². The van der Waals surface area contributed by atoms with E-state index in [1.54, 1.807) is 22.8 Å². The zero-order valence-corrected chi connectivity index (χ0v) is 23.9. The number of alkyl halides is 3. The predicted molar refractivity (Wildman–Crippen MR) is 140 cm³/mol. The minimum atomic E-state index is -4.35. The summed E-state index contributed by atoms with van der Waals surface area (Å²) < 4.78 is 63.9. The van der Waals surface area contributed by atoms with E-state index in [1.807, 2.05) is 6.92 Å². The van der Waals surface area contributed by atoms with Crippen LogP contribution in [0.15, 0.2) is 18.2 Å². The van der Waals surface area contributed by atoms with Crippen molar-refractivity contribution in [1.82, 2.24) is 14.9 Å². The zero-order chi connectivity index (χ0) is 28.7. The lowest BCUT2D eigenvalue weighted by Crippen LogP contribution is -2.34. The van der Waals surface area contributed by atoms with Crippen molar-refractivity contribution in [2.45, 2.75) is 72.4 Å². The highest BCUT2D eigenvalue weighted by Gasteiger charge is 2.47. The van der Waals surface area contributed by atoms with Gasteiger partial charge in [-0.2, -0.15) is 21.6 Å². The number of aryl methyl sites for hydroxylation is 1. The van der Waals surface area contributed by atoms with Crippen molar-refractivity contribution in [2.75, 3.05) is 13.7 Å². The van der Waals surface area contributed by atoms with E-state index >= 15 is 0 Å².